The average molecular weight is 455 g/mol. The lowest BCUT2D eigenvalue weighted by Crippen LogP contribution is -2.51. The molecule has 0 amide bonds. The highest BCUT2D eigenvalue weighted by atomic mass is 19.1. The van der Waals surface area contributed by atoms with E-state index in [2.05, 4.69) is 44.3 Å². The van der Waals surface area contributed by atoms with Crippen LogP contribution in [0.2, 0.25) is 0 Å². The molecule has 0 saturated carbocycles. The number of aryl methyl sites for hydroxylation is 1. The predicted molar refractivity (Wildman–Crippen MR) is 123 cm³/mol. The number of piperazine rings is 1. The minimum absolute atomic E-state index is 0.278. The largest absolute Gasteiger partial charge is 0.381 e. The first-order valence-corrected chi connectivity index (χ1v) is 11.4. The van der Waals surface area contributed by atoms with Gasteiger partial charge in [-0.15, -0.1) is 5.10 Å². The van der Waals surface area contributed by atoms with Gasteiger partial charge in [-0.25, -0.2) is 13.5 Å². The fourth-order valence-electron chi connectivity index (χ4n) is 4.66. The van der Waals surface area contributed by atoms with Crippen molar-refractivity contribution in [1.82, 2.24) is 19.7 Å². The van der Waals surface area contributed by atoms with Crippen LogP contribution in [0, 0.1) is 18.6 Å². The Labute approximate surface area is 192 Å². The second-order valence-corrected chi connectivity index (χ2v) is 8.69. The first-order valence-electron chi connectivity index (χ1n) is 11.4. The summed E-state index contributed by atoms with van der Waals surface area (Å²) in [5.74, 6) is -0.953. The molecule has 2 saturated heterocycles. The zero-order chi connectivity index (χ0) is 22.8. The lowest BCUT2D eigenvalue weighted by Gasteiger charge is -2.41. The Morgan fingerprint density at radius 2 is 1.64 bits per heavy atom. The maximum Gasteiger partial charge on any atom is 0.246 e. The van der Waals surface area contributed by atoms with Gasteiger partial charge in [-0.1, -0.05) is 0 Å². The minimum Gasteiger partial charge on any atom is -0.381 e. The monoisotopic (exact) mass is 454 g/mol. The van der Waals surface area contributed by atoms with Gasteiger partial charge >= 0.3 is 0 Å². The Kier molecular flexibility index (Phi) is 6.24. The molecule has 2 aromatic carbocycles. The first-order chi connectivity index (χ1) is 16.0. The Morgan fingerprint density at radius 3 is 2.36 bits per heavy atom. The second-order valence-electron chi connectivity index (χ2n) is 8.69. The summed E-state index contributed by atoms with van der Waals surface area (Å²) in [5.41, 5.74) is 3.45. The van der Waals surface area contributed by atoms with Crippen LogP contribution in [0.4, 0.5) is 26.1 Å². The lowest BCUT2D eigenvalue weighted by molar-refractivity contribution is 0.0321. The van der Waals surface area contributed by atoms with E-state index in [1.807, 2.05) is 6.07 Å². The summed E-state index contributed by atoms with van der Waals surface area (Å²) in [4.78, 5) is 9.26. The van der Waals surface area contributed by atoms with E-state index in [0.29, 0.717) is 12.0 Å². The Balaban J connectivity index is 1.26. The number of nitrogens with one attached hydrogen (secondary N) is 1. The molecule has 174 valence electrons. The van der Waals surface area contributed by atoms with Crippen LogP contribution in [0.1, 0.15) is 18.4 Å². The summed E-state index contributed by atoms with van der Waals surface area (Å²) in [6.07, 6.45) is 3.68. The molecule has 1 N–H and O–H groups in total. The summed E-state index contributed by atoms with van der Waals surface area (Å²) in [5, 5.41) is 7.54. The Bertz CT molecular complexity index is 1090. The van der Waals surface area contributed by atoms with Crippen molar-refractivity contribution in [2.45, 2.75) is 25.8 Å². The molecule has 0 unspecified atom stereocenters. The number of hydrogen-bond donors (Lipinski definition) is 1. The molecule has 0 bridgehead atoms. The van der Waals surface area contributed by atoms with Gasteiger partial charge in [-0.05, 0) is 55.7 Å². The molecule has 2 fully saturated rings. The fraction of sp³-hybridized carbons (Fsp3) is 0.417. The normalized spacial score (nSPS) is 18.0. The van der Waals surface area contributed by atoms with Crippen molar-refractivity contribution in [3.8, 4) is 5.69 Å². The molecular weight excluding hydrogens is 426 g/mol. The van der Waals surface area contributed by atoms with Crippen LogP contribution in [-0.4, -0.2) is 65.1 Å². The van der Waals surface area contributed by atoms with Crippen LogP contribution in [0.15, 0.2) is 42.7 Å². The average Bonchev–Trinajstić information content (AvgIpc) is 3.27. The molecule has 3 heterocycles. The molecular formula is C24H28F2N6O. The van der Waals surface area contributed by atoms with Crippen LogP contribution in [0.5, 0.6) is 0 Å². The summed E-state index contributed by atoms with van der Waals surface area (Å²) < 4.78 is 33.9. The number of ether oxygens (including phenoxy) is 1. The van der Waals surface area contributed by atoms with Gasteiger partial charge in [0.15, 0.2) is 0 Å². The molecule has 7 nitrogen and oxygen atoms in total. The molecule has 0 radical (unpaired) electrons. The van der Waals surface area contributed by atoms with Crippen molar-refractivity contribution in [2.24, 2.45) is 0 Å². The SMILES string of the molecule is Cc1cc(Nc2ncn(-c3cc(F)cc(F)c3)n2)cc(N2CCN(C3CCOCC3)CC2)c1. The molecule has 2 aliphatic rings. The smallest absolute Gasteiger partial charge is 0.246 e. The number of halogens is 2. The quantitative estimate of drug-likeness (QED) is 0.631. The maximum absolute atomic E-state index is 13.5. The number of nitrogens with zero attached hydrogens (tertiary/aromatic N) is 5. The van der Waals surface area contributed by atoms with Crippen molar-refractivity contribution in [2.75, 3.05) is 49.6 Å². The van der Waals surface area contributed by atoms with Crippen molar-refractivity contribution in [1.29, 1.82) is 0 Å². The van der Waals surface area contributed by atoms with Gasteiger partial charge in [0, 0.05) is 62.9 Å². The summed E-state index contributed by atoms with van der Waals surface area (Å²) in [6, 6.07) is 10.2. The standard InChI is InChI=1S/C24H28F2N6O/c1-17-10-20(28-24-27-16-32(29-24)23-13-18(25)12-19(26)14-23)15-22(11-17)31-6-4-30(5-7-31)21-2-8-33-9-3-21/h10-16,21H,2-9H2,1H3,(H,28,29). The van der Waals surface area contributed by atoms with Crippen molar-refractivity contribution in [3.05, 3.63) is 59.9 Å². The van der Waals surface area contributed by atoms with E-state index in [-0.39, 0.29) is 5.69 Å². The lowest BCUT2D eigenvalue weighted by atomic mass is 10.1. The highest BCUT2D eigenvalue weighted by Gasteiger charge is 2.25. The van der Waals surface area contributed by atoms with E-state index in [1.165, 1.54) is 23.1 Å². The summed E-state index contributed by atoms with van der Waals surface area (Å²) in [6.45, 7) is 7.88. The summed E-state index contributed by atoms with van der Waals surface area (Å²) >= 11 is 0. The second kappa shape index (κ2) is 9.44. The molecule has 9 heteroatoms. The highest BCUT2D eigenvalue weighted by Crippen LogP contribution is 2.26. The van der Waals surface area contributed by atoms with E-state index in [1.54, 1.807) is 0 Å². The minimum atomic E-state index is -0.657. The van der Waals surface area contributed by atoms with Gasteiger partial charge < -0.3 is 15.0 Å². The van der Waals surface area contributed by atoms with Crippen molar-refractivity contribution < 1.29 is 13.5 Å². The molecule has 0 spiro atoms. The number of anilines is 3. The fourth-order valence-corrected chi connectivity index (χ4v) is 4.66. The maximum atomic E-state index is 13.5. The van der Waals surface area contributed by atoms with E-state index in [9.17, 15) is 8.78 Å². The van der Waals surface area contributed by atoms with E-state index < -0.39 is 11.6 Å². The topological polar surface area (TPSA) is 58.5 Å². The molecule has 2 aliphatic heterocycles. The van der Waals surface area contributed by atoms with Crippen LogP contribution in [-0.2, 0) is 4.74 Å². The van der Waals surface area contributed by atoms with Gasteiger partial charge in [0.25, 0.3) is 0 Å². The van der Waals surface area contributed by atoms with Crippen molar-refractivity contribution in [3.63, 3.8) is 0 Å². The molecule has 5 rings (SSSR count). The molecule has 33 heavy (non-hydrogen) atoms. The zero-order valence-electron chi connectivity index (χ0n) is 18.7. The number of aromatic nitrogens is 3. The molecule has 0 atom stereocenters. The van der Waals surface area contributed by atoms with Gasteiger partial charge in [0.1, 0.15) is 18.0 Å². The van der Waals surface area contributed by atoms with E-state index in [4.69, 9.17) is 4.74 Å². The summed E-state index contributed by atoms with van der Waals surface area (Å²) in [7, 11) is 0. The van der Waals surface area contributed by atoms with Crippen LogP contribution >= 0.6 is 0 Å². The number of benzene rings is 2. The van der Waals surface area contributed by atoms with Crippen LogP contribution in [0.25, 0.3) is 5.69 Å². The molecule has 3 aromatic rings. The highest BCUT2D eigenvalue weighted by molar-refractivity contribution is 5.64. The third-order valence-corrected chi connectivity index (χ3v) is 6.31. The van der Waals surface area contributed by atoms with Crippen molar-refractivity contribution >= 4 is 17.3 Å². The third kappa shape index (κ3) is 5.15. The van der Waals surface area contributed by atoms with E-state index >= 15 is 0 Å². The molecule has 1 aromatic heterocycles. The van der Waals surface area contributed by atoms with Gasteiger partial charge in [0.2, 0.25) is 5.95 Å². The Morgan fingerprint density at radius 1 is 0.909 bits per heavy atom. The Hall–Kier alpha value is -3.04. The molecule has 0 aliphatic carbocycles. The van der Waals surface area contributed by atoms with Crippen LogP contribution in [0.3, 0.4) is 0 Å². The van der Waals surface area contributed by atoms with Gasteiger partial charge in [0.05, 0.1) is 5.69 Å². The number of rotatable bonds is 5. The first kappa shape index (κ1) is 21.8. The van der Waals surface area contributed by atoms with Gasteiger partial charge in [-0.3, -0.25) is 4.90 Å². The number of hydrogen-bond acceptors (Lipinski definition) is 6. The third-order valence-electron chi connectivity index (χ3n) is 6.31. The zero-order valence-corrected chi connectivity index (χ0v) is 18.7. The van der Waals surface area contributed by atoms with Crippen LogP contribution < -0.4 is 10.2 Å². The predicted octanol–water partition coefficient (Wildman–Crippen LogP) is 3.90. The van der Waals surface area contributed by atoms with E-state index in [0.717, 1.165) is 75.2 Å². The van der Waals surface area contributed by atoms with Gasteiger partial charge in [-0.2, -0.15) is 4.98 Å².